The summed E-state index contributed by atoms with van der Waals surface area (Å²) in [4.78, 5) is 2.28. The van der Waals surface area contributed by atoms with E-state index in [4.69, 9.17) is 0 Å². The Balaban J connectivity index is 2.62. The lowest BCUT2D eigenvalue weighted by atomic mass is 10.3. The minimum Gasteiger partial charge on any atom is -0.292 e. The van der Waals surface area contributed by atoms with Gasteiger partial charge in [0.25, 0.3) is 0 Å². The van der Waals surface area contributed by atoms with E-state index in [9.17, 15) is 0 Å². The first-order chi connectivity index (χ1) is 7.67. The van der Waals surface area contributed by atoms with E-state index in [0.29, 0.717) is 0 Å². The first kappa shape index (κ1) is 12.8. The van der Waals surface area contributed by atoms with Crippen molar-refractivity contribution >= 4 is 0 Å². The maximum absolute atomic E-state index is 4.06. The Morgan fingerprint density at radius 2 is 2.19 bits per heavy atom. The van der Waals surface area contributed by atoms with Crippen molar-refractivity contribution in [2.75, 3.05) is 13.1 Å². The van der Waals surface area contributed by atoms with Crippen LogP contribution in [0.15, 0.2) is 12.2 Å². The zero-order chi connectivity index (χ0) is 12.0. The van der Waals surface area contributed by atoms with Crippen molar-refractivity contribution in [1.82, 2.24) is 25.1 Å². The summed E-state index contributed by atoms with van der Waals surface area (Å²) in [6.45, 7) is 13.8. The van der Waals surface area contributed by atoms with Gasteiger partial charge in [0, 0.05) is 13.1 Å². The molecule has 0 saturated heterocycles. The summed E-state index contributed by atoms with van der Waals surface area (Å²) in [6, 6.07) is 0. The van der Waals surface area contributed by atoms with E-state index in [1.54, 1.807) is 0 Å². The Morgan fingerprint density at radius 1 is 1.44 bits per heavy atom. The number of rotatable bonds is 7. The molecule has 0 saturated carbocycles. The fourth-order valence-electron chi connectivity index (χ4n) is 1.58. The van der Waals surface area contributed by atoms with Crippen molar-refractivity contribution in [2.24, 2.45) is 0 Å². The summed E-state index contributed by atoms with van der Waals surface area (Å²) >= 11 is 0. The number of hydrogen-bond donors (Lipinski definition) is 0. The molecule has 1 rings (SSSR count). The second-order valence-electron chi connectivity index (χ2n) is 4.08. The van der Waals surface area contributed by atoms with Gasteiger partial charge in [0.05, 0.1) is 6.54 Å². The summed E-state index contributed by atoms with van der Waals surface area (Å²) in [5, 5.41) is 11.8. The zero-order valence-corrected chi connectivity index (χ0v) is 10.5. The topological polar surface area (TPSA) is 46.8 Å². The van der Waals surface area contributed by atoms with Gasteiger partial charge in [-0.3, -0.25) is 4.90 Å². The van der Waals surface area contributed by atoms with Crippen LogP contribution in [-0.4, -0.2) is 38.2 Å². The minimum absolute atomic E-state index is 0.788. The number of nitrogens with zero attached hydrogens (tertiary/aromatic N) is 5. The fourth-order valence-corrected chi connectivity index (χ4v) is 1.58. The number of hydrogen-bond acceptors (Lipinski definition) is 4. The molecule has 90 valence electrons. The number of tetrazole rings is 1. The van der Waals surface area contributed by atoms with Crippen LogP contribution in [0.25, 0.3) is 0 Å². The van der Waals surface area contributed by atoms with Crippen LogP contribution in [0.3, 0.4) is 0 Å². The van der Waals surface area contributed by atoms with Crippen molar-refractivity contribution < 1.29 is 0 Å². The molecule has 0 aromatic carbocycles. The summed E-state index contributed by atoms with van der Waals surface area (Å²) in [6.07, 6.45) is 1.05. The molecule has 0 bridgehead atoms. The molecule has 1 aromatic rings. The molecule has 0 aliphatic carbocycles. The summed E-state index contributed by atoms with van der Waals surface area (Å²) in [5.74, 6) is 0.935. The van der Waals surface area contributed by atoms with Crippen molar-refractivity contribution in [3.63, 3.8) is 0 Å². The monoisotopic (exact) mass is 223 g/mol. The average molecular weight is 223 g/mol. The van der Waals surface area contributed by atoms with Gasteiger partial charge in [-0.2, -0.15) is 0 Å². The Bertz CT molecular complexity index is 331. The highest BCUT2D eigenvalue weighted by atomic mass is 15.5. The van der Waals surface area contributed by atoms with Crippen LogP contribution in [0.4, 0.5) is 0 Å². The Kier molecular flexibility index (Phi) is 5.11. The summed E-state index contributed by atoms with van der Waals surface area (Å²) < 4.78 is 1.88. The van der Waals surface area contributed by atoms with Crippen molar-refractivity contribution in [1.29, 1.82) is 0 Å². The third-order valence-corrected chi connectivity index (χ3v) is 2.35. The predicted octanol–water partition coefficient (Wildman–Crippen LogP) is 1.48. The van der Waals surface area contributed by atoms with Crippen LogP contribution in [0.1, 0.15) is 33.0 Å². The van der Waals surface area contributed by atoms with Gasteiger partial charge in [-0.1, -0.05) is 26.0 Å². The fraction of sp³-hybridized carbons (Fsp3) is 0.727. The predicted molar refractivity (Wildman–Crippen MR) is 63.9 cm³/mol. The lowest BCUT2D eigenvalue weighted by Gasteiger charge is -2.19. The minimum atomic E-state index is 0.788. The molecule has 0 aliphatic rings. The Morgan fingerprint density at radius 3 is 2.75 bits per heavy atom. The number of aryl methyl sites for hydroxylation is 1. The molecular formula is C11H21N5. The van der Waals surface area contributed by atoms with Crippen LogP contribution in [0.2, 0.25) is 0 Å². The van der Waals surface area contributed by atoms with Gasteiger partial charge in [0.2, 0.25) is 0 Å². The maximum Gasteiger partial charge on any atom is 0.165 e. The quantitative estimate of drug-likeness (QED) is 0.657. The highest BCUT2D eigenvalue weighted by Gasteiger charge is 2.10. The van der Waals surface area contributed by atoms with Crippen molar-refractivity contribution in [3.8, 4) is 0 Å². The largest absolute Gasteiger partial charge is 0.292 e. The van der Waals surface area contributed by atoms with Gasteiger partial charge in [-0.25, -0.2) is 4.68 Å². The molecule has 0 unspecified atom stereocenters. The summed E-state index contributed by atoms with van der Waals surface area (Å²) in [7, 11) is 0. The first-order valence-corrected chi connectivity index (χ1v) is 5.79. The summed E-state index contributed by atoms with van der Waals surface area (Å²) in [5.41, 5.74) is 1.16. The van der Waals surface area contributed by atoms with Gasteiger partial charge >= 0.3 is 0 Å². The first-order valence-electron chi connectivity index (χ1n) is 5.79. The van der Waals surface area contributed by atoms with E-state index in [1.165, 1.54) is 0 Å². The normalized spacial score (nSPS) is 11.0. The molecule has 0 aliphatic heterocycles. The van der Waals surface area contributed by atoms with Gasteiger partial charge in [-0.15, -0.1) is 5.10 Å². The Hall–Kier alpha value is -1.23. The maximum atomic E-state index is 4.06. The van der Waals surface area contributed by atoms with Crippen LogP contribution < -0.4 is 0 Å². The molecule has 0 radical (unpaired) electrons. The number of aromatic nitrogens is 4. The lowest BCUT2D eigenvalue weighted by molar-refractivity contribution is 0.289. The molecule has 1 heterocycles. The highest BCUT2D eigenvalue weighted by molar-refractivity contribution is 4.93. The molecule has 1 aromatic heterocycles. The van der Waals surface area contributed by atoms with Crippen molar-refractivity contribution in [3.05, 3.63) is 18.0 Å². The molecular weight excluding hydrogens is 202 g/mol. The average Bonchev–Trinajstić information content (AvgIpc) is 2.65. The third kappa shape index (κ3) is 3.73. The van der Waals surface area contributed by atoms with Crippen molar-refractivity contribution in [2.45, 2.75) is 40.3 Å². The third-order valence-electron chi connectivity index (χ3n) is 2.35. The molecule has 16 heavy (non-hydrogen) atoms. The number of likely N-dealkylation sites (N-methyl/N-ethyl adjacent to an activating group) is 1. The van der Waals surface area contributed by atoms with Crippen LogP contribution in [0, 0.1) is 0 Å². The van der Waals surface area contributed by atoms with Crippen LogP contribution in [-0.2, 0) is 13.1 Å². The van der Waals surface area contributed by atoms with Gasteiger partial charge < -0.3 is 0 Å². The van der Waals surface area contributed by atoms with Gasteiger partial charge in [0.1, 0.15) is 0 Å². The van der Waals surface area contributed by atoms with E-state index in [1.807, 2.05) is 11.6 Å². The van der Waals surface area contributed by atoms with E-state index in [0.717, 1.165) is 44.0 Å². The molecule has 0 amide bonds. The van der Waals surface area contributed by atoms with Gasteiger partial charge in [-0.05, 0) is 30.3 Å². The van der Waals surface area contributed by atoms with Crippen LogP contribution in [0.5, 0.6) is 0 Å². The molecule has 5 nitrogen and oxygen atoms in total. The van der Waals surface area contributed by atoms with Gasteiger partial charge in [0.15, 0.2) is 5.82 Å². The molecule has 0 N–H and O–H groups in total. The molecule has 0 spiro atoms. The molecule has 0 atom stereocenters. The lowest BCUT2D eigenvalue weighted by Crippen LogP contribution is -2.26. The van der Waals surface area contributed by atoms with E-state index in [-0.39, 0.29) is 0 Å². The zero-order valence-electron chi connectivity index (χ0n) is 10.5. The second kappa shape index (κ2) is 6.37. The van der Waals surface area contributed by atoms with Crippen LogP contribution >= 0.6 is 0 Å². The highest BCUT2D eigenvalue weighted by Crippen LogP contribution is 2.03. The standard InChI is InChI=1S/C11H21N5/c1-5-7-16-11(12-13-14-16)9-15(6-2)8-10(3)4/h3,5-9H2,1-2,4H3. The van der Waals surface area contributed by atoms with E-state index in [2.05, 4.69) is 40.9 Å². The van der Waals surface area contributed by atoms with E-state index >= 15 is 0 Å². The molecule has 5 heteroatoms. The van der Waals surface area contributed by atoms with E-state index < -0.39 is 0 Å². The smallest absolute Gasteiger partial charge is 0.165 e. The molecule has 0 fully saturated rings. The Labute approximate surface area is 97.1 Å². The second-order valence-corrected chi connectivity index (χ2v) is 4.08. The SMILES string of the molecule is C=C(C)CN(CC)Cc1nnnn1CCC.